The molecule has 0 N–H and O–H groups in total. The van der Waals surface area contributed by atoms with Gasteiger partial charge in [-0.2, -0.15) is 0 Å². The molecule has 2 aliphatic heterocycles. The quantitative estimate of drug-likeness (QED) is 0.789. The number of hydrogen-bond acceptors (Lipinski definition) is 3. The van der Waals surface area contributed by atoms with Crippen molar-refractivity contribution in [1.29, 1.82) is 0 Å². The van der Waals surface area contributed by atoms with Crippen LogP contribution in [0.5, 0.6) is 5.75 Å². The molecule has 0 unspecified atom stereocenters. The zero-order valence-electron chi connectivity index (χ0n) is 9.81. The molecule has 1 aromatic rings. The van der Waals surface area contributed by atoms with E-state index in [1.165, 1.54) is 0 Å². The first kappa shape index (κ1) is 10.6. The topological polar surface area (TPSA) is 38.8 Å². The molecular weight excluding hydrogens is 218 g/mol. The van der Waals surface area contributed by atoms with E-state index in [4.69, 9.17) is 9.47 Å². The predicted molar refractivity (Wildman–Crippen MR) is 62.0 cm³/mol. The lowest BCUT2D eigenvalue weighted by Crippen LogP contribution is -2.39. The van der Waals surface area contributed by atoms with E-state index < -0.39 is 0 Å². The summed E-state index contributed by atoms with van der Waals surface area (Å²) in [7, 11) is 1.64. The van der Waals surface area contributed by atoms with Gasteiger partial charge >= 0.3 is 0 Å². The zero-order valence-corrected chi connectivity index (χ0v) is 9.81. The molecule has 0 bridgehead atoms. The van der Waals surface area contributed by atoms with Crippen LogP contribution in [0.2, 0.25) is 0 Å². The molecule has 0 saturated carbocycles. The number of methoxy groups -OCH3 is 1. The summed E-state index contributed by atoms with van der Waals surface area (Å²) in [6.07, 6.45) is 0. The van der Waals surface area contributed by atoms with Crippen LogP contribution in [-0.2, 0) is 11.3 Å². The maximum Gasteiger partial charge on any atom is 0.254 e. The highest BCUT2D eigenvalue weighted by molar-refractivity contribution is 5.98. The van der Waals surface area contributed by atoms with Gasteiger partial charge in [0.05, 0.1) is 20.3 Å². The van der Waals surface area contributed by atoms with Gasteiger partial charge in [0.2, 0.25) is 0 Å². The van der Waals surface area contributed by atoms with Crippen LogP contribution in [0.3, 0.4) is 0 Å². The lowest BCUT2D eigenvalue weighted by Gasteiger charge is -2.30. The summed E-state index contributed by atoms with van der Waals surface area (Å²) in [5.74, 6) is 1.45. The van der Waals surface area contributed by atoms with Gasteiger partial charge in [0, 0.05) is 24.6 Å². The highest BCUT2D eigenvalue weighted by atomic mass is 16.5. The van der Waals surface area contributed by atoms with Gasteiger partial charge in [-0.3, -0.25) is 4.79 Å². The van der Waals surface area contributed by atoms with Gasteiger partial charge in [-0.25, -0.2) is 0 Å². The molecule has 0 aromatic heterocycles. The van der Waals surface area contributed by atoms with E-state index in [0.29, 0.717) is 12.5 Å². The lowest BCUT2D eigenvalue weighted by molar-refractivity contribution is -0.0433. The molecule has 0 spiro atoms. The predicted octanol–water partition coefficient (Wildman–Crippen LogP) is 1.30. The van der Waals surface area contributed by atoms with Crippen LogP contribution in [-0.4, -0.2) is 37.7 Å². The van der Waals surface area contributed by atoms with Gasteiger partial charge in [0.1, 0.15) is 5.75 Å². The fourth-order valence-electron chi connectivity index (χ4n) is 2.33. The van der Waals surface area contributed by atoms with Gasteiger partial charge in [-0.15, -0.1) is 0 Å². The van der Waals surface area contributed by atoms with Crippen molar-refractivity contribution in [2.75, 3.05) is 26.9 Å². The third-order valence-corrected chi connectivity index (χ3v) is 3.38. The summed E-state index contributed by atoms with van der Waals surface area (Å²) < 4.78 is 10.3. The molecule has 0 aliphatic carbocycles. The first-order valence-corrected chi connectivity index (χ1v) is 5.82. The molecule has 2 aliphatic rings. The SMILES string of the molecule is COc1ccc2c(c1)CN(CC1COC1)C2=O. The Kier molecular flexibility index (Phi) is 2.52. The van der Waals surface area contributed by atoms with E-state index >= 15 is 0 Å². The fourth-order valence-corrected chi connectivity index (χ4v) is 2.33. The van der Waals surface area contributed by atoms with Crippen LogP contribution in [0.4, 0.5) is 0 Å². The molecule has 2 heterocycles. The average Bonchev–Trinajstić information content (AvgIpc) is 2.60. The van der Waals surface area contributed by atoms with Gasteiger partial charge in [-0.1, -0.05) is 0 Å². The van der Waals surface area contributed by atoms with Gasteiger partial charge in [0.25, 0.3) is 5.91 Å². The normalized spacial score (nSPS) is 19.1. The maximum atomic E-state index is 12.1. The van der Waals surface area contributed by atoms with E-state index in [1.54, 1.807) is 7.11 Å². The van der Waals surface area contributed by atoms with Crippen molar-refractivity contribution >= 4 is 5.91 Å². The van der Waals surface area contributed by atoms with Crippen molar-refractivity contribution in [2.24, 2.45) is 5.92 Å². The molecule has 4 heteroatoms. The Balaban J connectivity index is 1.78. The molecule has 1 amide bonds. The van der Waals surface area contributed by atoms with E-state index in [1.807, 2.05) is 23.1 Å². The zero-order chi connectivity index (χ0) is 11.8. The van der Waals surface area contributed by atoms with E-state index in [2.05, 4.69) is 0 Å². The second-order valence-electron chi connectivity index (χ2n) is 4.61. The number of amides is 1. The van der Waals surface area contributed by atoms with Crippen LogP contribution in [0.25, 0.3) is 0 Å². The number of ether oxygens (including phenoxy) is 2. The Labute approximate surface area is 100 Å². The van der Waals surface area contributed by atoms with E-state index in [-0.39, 0.29) is 5.91 Å². The Morgan fingerprint density at radius 2 is 2.29 bits per heavy atom. The van der Waals surface area contributed by atoms with Crippen molar-refractivity contribution in [3.8, 4) is 5.75 Å². The number of hydrogen-bond donors (Lipinski definition) is 0. The molecule has 90 valence electrons. The number of carbonyl (C=O) groups is 1. The fraction of sp³-hybridized carbons (Fsp3) is 0.462. The van der Waals surface area contributed by atoms with Gasteiger partial charge in [0.15, 0.2) is 0 Å². The molecule has 17 heavy (non-hydrogen) atoms. The van der Waals surface area contributed by atoms with Crippen molar-refractivity contribution in [3.05, 3.63) is 29.3 Å². The first-order valence-electron chi connectivity index (χ1n) is 5.82. The Morgan fingerprint density at radius 3 is 2.94 bits per heavy atom. The van der Waals surface area contributed by atoms with E-state index in [9.17, 15) is 4.79 Å². The highest BCUT2D eigenvalue weighted by Crippen LogP contribution is 2.28. The second-order valence-corrected chi connectivity index (χ2v) is 4.61. The van der Waals surface area contributed by atoms with Crippen LogP contribution >= 0.6 is 0 Å². The summed E-state index contributed by atoms with van der Waals surface area (Å²) in [6, 6.07) is 5.64. The summed E-state index contributed by atoms with van der Waals surface area (Å²) >= 11 is 0. The minimum Gasteiger partial charge on any atom is -0.497 e. The Bertz CT molecular complexity index is 454. The minimum atomic E-state index is 0.134. The minimum absolute atomic E-state index is 0.134. The molecule has 0 radical (unpaired) electrons. The number of carbonyl (C=O) groups excluding carboxylic acids is 1. The number of rotatable bonds is 3. The maximum absolute atomic E-state index is 12.1. The third kappa shape index (κ3) is 1.78. The molecule has 4 nitrogen and oxygen atoms in total. The Morgan fingerprint density at radius 1 is 1.47 bits per heavy atom. The van der Waals surface area contributed by atoms with Crippen molar-refractivity contribution in [2.45, 2.75) is 6.54 Å². The molecule has 1 fully saturated rings. The van der Waals surface area contributed by atoms with E-state index in [0.717, 1.165) is 36.6 Å². The van der Waals surface area contributed by atoms with Crippen LogP contribution in [0.15, 0.2) is 18.2 Å². The highest BCUT2D eigenvalue weighted by Gasteiger charge is 2.31. The monoisotopic (exact) mass is 233 g/mol. The number of nitrogens with zero attached hydrogens (tertiary/aromatic N) is 1. The molecule has 1 aromatic carbocycles. The number of benzene rings is 1. The number of fused-ring (bicyclic) bond motifs is 1. The second kappa shape index (κ2) is 4.04. The lowest BCUT2D eigenvalue weighted by atomic mass is 10.1. The van der Waals surface area contributed by atoms with Gasteiger partial charge < -0.3 is 14.4 Å². The summed E-state index contributed by atoms with van der Waals surface area (Å²) in [5, 5.41) is 0. The van der Waals surface area contributed by atoms with Crippen LogP contribution in [0.1, 0.15) is 15.9 Å². The third-order valence-electron chi connectivity index (χ3n) is 3.38. The molecular formula is C13H15NO3. The molecule has 1 saturated heterocycles. The molecule has 0 atom stereocenters. The molecule has 3 rings (SSSR count). The van der Waals surface area contributed by atoms with Crippen molar-refractivity contribution in [1.82, 2.24) is 4.90 Å². The smallest absolute Gasteiger partial charge is 0.254 e. The van der Waals surface area contributed by atoms with Crippen molar-refractivity contribution in [3.63, 3.8) is 0 Å². The first-order chi connectivity index (χ1) is 8.28. The largest absolute Gasteiger partial charge is 0.497 e. The van der Waals surface area contributed by atoms with Crippen LogP contribution in [0, 0.1) is 5.92 Å². The summed E-state index contributed by atoms with van der Waals surface area (Å²) in [5.41, 5.74) is 1.88. The van der Waals surface area contributed by atoms with Crippen molar-refractivity contribution < 1.29 is 14.3 Å². The summed E-state index contributed by atoms with van der Waals surface area (Å²) in [4.78, 5) is 14.0. The standard InChI is InChI=1S/C13H15NO3/c1-16-11-2-3-12-10(4-11)6-14(13(12)15)5-9-7-17-8-9/h2-4,9H,5-8H2,1H3. The summed E-state index contributed by atoms with van der Waals surface area (Å²) in [6.45, 7) is 3.06. The van der Waals surface area contributed by atoms with Crippen LogP contribution < -0.4 is 4.74 Å². The Hall–Kier alpha value is -1.55. The van der Waals surface area contributed by atoms with Gasteiger partial charge in [-0.05, 0) is 23.8 Å². The average molecular weight is 233 g/mol.